The average molecular weight is 356 g/mol. The molecule has 0 fully saturated rings. The van der Waals surface area contributed by atoms with Crippen LogP contribution in [0.3, 0.4) is 0 Å². The molecule has 1 amide bonds. The third-order valence-electron chi connectivity index (χ3n) is 3.93. The van der Waals surface area contributed by atoms with Gasteiger partial charge in [0.05, 0.1) is 18.8 Å². The number of rotatable bonds is 11. The largest absolute Gasteiger partial charge is 0.370 e. The zero-order valence-corrected chi connectivity index (χ0v) is 15.6. The summed E-state index contributed by atoms with van der Waals surface area (Å²) in [4.78, 5) is 11.1. The van der Waals surface area contributed by atoms with Gasteiger partial charge in [-0.25, -0.2) is 0 Å². The van der Waals surface area contributed by atoms with Gasteiger partial charge in [0, 0.05) is 6.42 Å². The summed E-state index contributed by atoms with van der Waals surface area (Å²) in [5, 5.41) is 0. The molecule has 1 aromatic rings. The van der Waals surface area contributed by atoms with Gasteiger partial charge in [-0.1, -0.05) is 51.0 Å². The number of benzene rings is 1. The molecule has 1 atom stereocenters. The van der Waals surface area contributed by atoms with Crippen molar-refractivity contribution in [2.45, 2.75) is 64.4 Å². The molecule has 0 aromatic heterocycles. The van der Waals surface area contributed by atoms with Gasteiger partial charge in [-0.3, -0.25) is 8.98 Å². The molecule has 24 heavy (non-hydrogen) atoms. The van der Waals surface area contributed by atoms with E-state index in [1.807, 2.05) is 12.1 Å². The van der Waals surface area contributed by atoms with E-state index in [1.165, 1.54) is 5.56 Å². The molecule has 5 nitrogen and oxygen atoms in total. The van der Waals surface area contributed by atoms with Crippen LogP contribution in [0.15, 0.2) is 24.3 Å². The molecule has 0 heterocycles. The standard InChI is InChI=1S/C18H29NO4S/c1-4-6-15(7-5-2)16-10-8-14(9-11-16)12-17(13-18(19)20)23-24(3,21)22/h8-11,15,17H,4-7,12-13H2,1-3H3,(H2,19,20)/t17-/m1/s1. The van der Waals surface area contributed by atoms with Crippen LogP contribution in [-0.4, -0.2) is 26.7 Å². The van der Waals surface area contributed by atoms with E-state index in [-0.39, 0.29) is 6.42 Å². The van der Waals surface area contributed by atoms with E-state index >= 15 is 0 Å². The maximum atomic E-state index is 11.3. The predicted molar refractivity (Wildman–Crippen MR) is 96.2 cm³/mol. The van der Waals surface area contributed by atoms with Crippen molar-refractivity contribution in [3.05, 3.63) is 35.4 Å². The van der Waals surface area contributed by atoms with Crippen LogP contribution in [-0.2, 0) is 25.5 Å². The lowest BCUT2D eigenvalue weighted by atomic mass is 9.89. The van der Waals surface area contributed by atoms with Crippen LogP contribution in [0, 0.1) is 0 Å². The number of carbonyl (C=O) groups excluding carboxylic acids is 1. The van der Waals surface area contributed by atoms with Crippen molar-refractivity contribution in [1.29, 1.82) is 0 Å². The Hall–Kier alpha value is -1.40. The van der Waals surface area contributed by atoms with Crippen molar-refractivity contribution in [2.24, 2.45) is 5.73 Å². The Balaban J connectivity index is 2.83. The second kappa shape index (κ2) is 9.79. The normalized spacial score (nSPS) is 13.2. The first-order chi connectivity index (χ1) is 11.2. The molecule has 136 valence electrons. The molecule has 0 aliphatic carbocycles. The van der Waals surface area contributed by atoms with Crippen LogP contribution in [0.2, 0.25) is 0 Å². The highest BCUT2D eigenvalue weighted by molar-refractivity contribution is 7.86. The van der Waals surface area contributed by atoms with Crippen molar-refractivity contribution in [2.75, 3.05) is 6.26 Å². The minimum atomic E-state index is -3.63. The van der Waals surface area contributed by atoms with Gasteiger partial charge >= 0.3 is 0 Å². The van der Waals surface area contributed by atoms with E-state index in [4.69, 9.17) is 9.92 Å². The molecular formula is C18H29NO4S. The smallest absolute Gasteiger partial charge is 0.264 e. The second-order valence-corrected chi connectivity index (χ2v) is 7.91. The van der Waals surface area contributed by atoms with Crippen LogP contribution in [0.5, 0.6) is 0 Å². The fraction of sp³-hybridized carbons (Fsp3) is 0.611. The van der Waals surface area contributed by atoms with Crippen molar-refractivity contribution in [1.82, 2.24) is 0 Å². The summed E-state index contributed by atoms with van der Waals surface area (Å²) in [5.41, 5.74) is 7.42. The zero-order valence-electron chi connectivity index (χ0n) is 14.8. The maximum absolute atomic E-state index is 11.3. The molecule has 2 N–H and O–H groups in total. The number of nitrogens with two attached hydrogens (primary N) is 1. The molecule has 0 aliphatic rings. The third kappa shape index (κ3) is 7.93. The summed E-state index contributed by atoms with van der Waals surface area (Å²) in [7, 11) is -3.63. The van der Waals surface area contributed by atoms with Crippen molar-refractivity contribution in [3.63, 3.8) is 0 Å². The van der Waals surface area contributed by atoms with Crippen LogP contribution in [0.25, 0.3) is 0 Å². The van der Waals surface area contributed by atoms with Gasteiger partial charge in [0.15, 0.2) is 0 Å². The minimum absolute atomic E-state index is 0.122. The number of amides is 1. The fourth-order valence-electron chi connectivity index (χ4n) is 2.98. The minimum Gasteiger partial charge on any atom is -0.370 e. The Morgan fingerprint density at radius 1 is 1.12 bits per heavy atom. The number of hydrogen-bond acceptors (Lipinski definition) is 4. The van der Waals surface area contributed by atoms with E-state index in [2.05, 4.69) is 26.0 Å². The Kier molecular flexibility index (Phi) is 8.42. The topological polar surface area (TPSA) is 86.5 Å². The van der Waals surface area contributed by atoms with Gasteiger partial charge in [0.1, 0.15) is 0 Å². The highest BCUT2D eigenvalue weighted by atomic mass is 32.2. The second-order valence-electron chi connectivity index (χ2n) is 6.31. The van der Waals surface area contributed by atoms with E-state index in [0.717, 1.165) is 37.5 Å². The SMILES string of the molecule is CCCC(CCC)c1ccc(C[C@H](CC(N)=O)OS(C)(=O)=O)cc1. The van der Waals surface area contributed by atoms with Gasteiger partial charge in [-0.2, -0.15) is 8.42 Å². The Morgan fingerprint density at radius 3 is 2.08 bits per heavy atom. The summed E-state index contributed by atoms with van der Waals surface area (Å²) < 4.78 is 27.6. The van der Waals surface area contributed by atoms with Crippen LogP contribution >= 0.6 is 0 Å². The van der Waals surface area contributed by atoms with Crippen molar-refractivity contribution < 1.29 is 17.4 Å². The van der Waals surface area contributed by atoms with Crippen molar-refractivity contribution >= 4 is 16.0 Å². The van der Waals surface area contributed by atoms with Gasteiger partial charge < -0.3 is 5.73 Å². The van der Waals surface area contributed by atoms with E-state index in [1.54, 1.807) is 0 Å². The molecule has 1 rings (SSSR count). The zero-order chi connectivity index (χ0) is 18.2. The molecular weight excluding hydrogens is 326 g/mol. The van der Waals surface area contributed by atoms with E-state index in [9.17, 15) is 13.2 Å². The van der Waals surface area contributed by atoms with Crippen LogP contribution in [0.1, 0.15) is 63.0 Å². The van der Waals surface area contributed by atoms with Crippen LogP contribution in [0.4, 0.5) is 0 Å². The number of hydrogen-bond donors (Lipinski definition) is 1. The summed E-state index contributed by atoms with van der Waals surface area (Å²) in [5.74, 6) is -0.0195. The van der Waals surface area contributed by atoms with Crippen LogP contribution < -0.4 is 5.73 Å². The average Bonchev–Trinajstić information content (AvgIpc) is 2.45. The molecule has 1 aromatic carbocycles. The Labute approximate surface area is 145 Å². The summed E-state index contributed by atoms with van der Waals surface area (Å²) >= 11 is 0. The quantitative estimate of drug-likeness (QED) is 0.618. The Morgan fingerprint density at radius 2 is 1.67 bits per heavy atom. The first kappa shape index (κ1) is 20.6. The summed E-state index contributed by atoms with van der Waals surface area (Å²) in [6.07, 6.45) is 5.05. The first-order valence-corrected chi connectivity index (χ1v) is 10.3. The van der Waals surface area contributed by atoms with Gasteiger partial charge in [0.25, 0.3) is 10.1 Å². The maximum Gasteiger partial charge on any atom is 0.264 e. The lowest BCUT2D eigenvalue weighted by Crippen LogP contribution is -2.26. The van der Waals surface area contributed by atoms with Gasteiger partial charge in [-0.05, 0) is 29.9 Å². The first-order valence-electron chi connectivity index (χ1n) is 8.50. The Bertz CT molecular complexity index is 604. The molecule has 0 bridgehead atoms. The van der Waals surface area contributed by atoms with Crippen molar-refractivity contribution in [3.8, 4) is 0 Å². The highest BCUT2D eigenvalue weighted by Crippen LogP contribution is 2.27. The monoisotopic (exact) mass is 355 g/mol. The molecule has 0 saturated carbocycles. The predicted octanol–water partition coefficient (Wildman–Crippen LogP) is 3.13. The molecule has 0 spiro atoms. The molecule has 6 heteroatoms. The number of carbonyl (C=O) groups is 1. The summed E-state index contributed by atoms with van der Waals surface area (Å²) in [6.45, 7) is 4.38. The lowest BCUT2D eigenvalue weighted by molar-refractivity contribution is -0.119. The van der Waals surface area contributed by atoms with E-state index in [0.29, 0.717) is 12.3 Å². The summed E-state index contributed by atoms with van der Waals surface area (Å²) in [6, 6.07) is 8.14. The highest BCUT2D eigenvalue weighted by Gasteiger charge is 2.19. The van der Waals surface area contributed by atoms with Gasteiger partial charge in [-0.15, -0.1) is 0 Å². The molecule has 0 saturated heterocycles. The lowest BCUT2D eigenvalue weighted by Gasteiger charge is -2.18. The van der Waals surface area contributed by atoms with Gasteiger partial charge in [0.2, 0.25) is 5.91 Å². The molecule has 0 radical (unpaired) electrons. The number of primary amides is 1. The molecule has 0 aliphatic heterocycles. The third-order valence-corrected chi connectivity index (χ3v) is 4.55. The van der Waals surface area contributed by atoms with E-state index < -0.39 is 22.1 Å². The fourth-order valence-corrected chi connectivity index (χ4v) is 3.61. The molecule has 0 unspecified atom stereocenters.